The summed E-state index contributed by atoms with van der Waals surface area (Å²) in [5.41, 5.74) is 0.733. The molecule has 2 unspecified atom stereocenters. The van der Waals surface area contributed by atoms with Crippen LogP contribution in [0.25, 0.3) is 0 Å². The van der Waals surface area contributed by atoms with Gasteiger partial charge in [0, 0.05) is 17.5 Å². The number of rotatable bonds is 2. The number of ether oxygens (including phenoxy) is 1. The second kappa shape index (κ2) is 5.13. The van der Waals surface area contributed by atoms with Crippen LogP contribution in [0.5, 0.6) is 0 Å². The van der Waals surface area contributed by atoms with Gasteiger partial charge in [-0.15, -0.1) is 0 Å². The molecule has 0 radical (unpaired) electrons. The summed E-state index contributed by atoms with van der Waals surface area (Å²) in [5, 5.41) is 10.3. The summed E-state index contributed by atoms with van der Waals surface area (Å²) < 4.78 is 18.3. The number of halogens is 2. The highest BCUT2D eigenvalue weighted by Crippen LogP contribution is 2.24. The van der Waals surface area contributed by atoms with E-state index in [0.29, 0.717) is 31.1 Å². The van der Waals surface area contributed by atoms with Gasteiger partial charge in [0.1, 0.15) is 5.82 Å². The van der Waals surface area contributed by atoms with Gasteiger partial charge in [0.05, 0.1) is 12.7 Å². The molecule has 1 heterocycles. The Morgan fingerprint density at radius 1 is 1.50 bits per heavy atom. The SMILES string of the molecule is OC1CCOCC1Cc1cc(F)ccc1Cl. The van der Waals surface area contributed by atoms with E-state index in [2.05, 4.69) is 0 Å². The van der Waals surface area contributed by atoms with Gasteiger partial charge in [-0.2, -0.15) is 0 Å². The average molecular weight is 245 g/mol. The fourth-order valence-corrected chi connectivity index (χ4v) is 2.16. The van der Waals surface area contributed by atoms with Gasteiger partial charge in [-0.05, 0) is 36.6 Å². The summed E-state index contributed by atoms with van der Waals surface area (Å²) in [6, 6.07) is 4.30. The number of hydrogen-bond donors (Lipinski definition) is 1. The van der Waals surface area contributed by atoms with Gasteiger partial charge in [-0.25, -0.2) is 4.39 Å². The van der Waals surface area contributed by atoms with Crippen LogP contribution in [0.2, 0.25) is 5.02 Å². The monoisotopic (exact) mass is 244 g/mol. The number of hydrogen-bond acceptors (Lipinski definition) is 2. The van der Waals surface area contributed by atoms with E-state index in [1.807, 2.05) is 0 Å². The Balaban J connectivity index is 2.10. The average Bonchev–Trinajstić information content (AvgIpc) is 2.27. The van der Waals surface area contributed by atoms with Crippen LogP contribution in [0.15, 0.2) is 18.2 Å². The van der Waals surface area contributed by atoms with E-state index in [0.717, 1.165) is 5.56 Å². The van der Waals surface area contributed by atoms with E-state index in [1.165, 1.54) is 12.1 Å². The Morgan fingerprint density at radius 2 is 2.31 bits per heavy atom. The highest BCUT2D eigenvalue weighted by atomic mass is 35.5. The number of aliphatic hydroxyl groups is 1. The summed E-state index contributed by atoms with van der Waals surface area (Å²) in [7, 11) is 0. The summed E-state index contributed by atoms with van der Waals surface area (Å²) in [4.78, 5) is 0. The van der Waals surface area contributed by atoms with E-state index in [9.17, 15) is 9.50 Å². The predicted molar refractivity (Wildman–Crippen MR) is 60.0 cm³/mol. The first-order chi connectivity index (χ1) is 7.66. The van der Waals surface area contributed by atoms with Crippen LogP contribution in [0, 0.1) is 11.7 Å². The van der Waals surface area contributed by atoms with Crippen molar-refractivity contribution < 1.29 is 14.2 Å². The van der Waals surface area contributed by atoms with Crippen LogP contribution in [0.3, 0.4) is 0 Å². The zero-order valence-electron chi connectivity index (χ0n) is 8.83. The molecule has 0 aromatic heterocycles. The Hall–Kier alpha value is -0.640. The molecule has 0 aliphatic carbocycles. The lowest BCUT2D eigenvalue weighted by Gasteiger charge is -2.27. The highest BCUT2D eigenvalue weighted by Gasteiger charge is 2.24. The lowest BCUT2D eigenvalue weighted by atomic mass is 9.91. The second-order valence-electron chi connectivity index (χ2n) is 4.13. The highest BCUT2D eigenvalue weighted by molar-refractivity contribution is 6.31. The van der Waals surface area contributed by atoms with E-state index in [4.69, 9.17) is 16.3 Å². The molecule has 4 heteroatoms. The minimum Gasteiger partial charge on any atom is -0.393 e. The molecule has 0 saturated carbocycles. The smallest absolute Gasteiger partial charge is 0.123 e. The molecule has 0 spiro atoms. The van der Waals surface area contributed by atoms with Crippen molar-refractivity contribution in [2.75, 3.05) is 13.2 Å². The normalized spacial score (nSPS) is 25.7. The Morgan fingerprint density at radius 3 is 3.06 bits per heavy atom. The molecule has 2 nitrogen and oxygen atoms in total. The maximum atomic E-state index is 13.0. The van der Waals surface area contributed by atoms with Gasteiger partial charge in [0.15, 0.2) is 0 Å². The summed E-state index contributed by atoms with van der Waals surface area (Å²) >= 11 is 5.97. The maximum Gasteiger partial charge on any atom is 0.123 e. The molecule has 2 rings (SSSR count). The van der Waals surface area contributed by atoms with Crippen LogP contribution in [-0.4, -0.2) is 24.4 Å². The Bertz CT molecular complexity index is 370. The fraction of sp³-hybridized carbons (Fsp3) is 0.500. The van der Waals surface area contributed by atoms with Crippen molar-refractivity contribution in [3.8, 4) is 0 Å². The van der Waals surface area contributed by atoms with Gasteiger partial charge >= 0.3 is 0 Å². The topological polar surface area (TPSA) is 29.5 Å². The zero-order chi connectivity index (χ0) is 11.5. The molecule has 2 atom stereocenters. The first kappa shape index (κ1) is 11.8. The van der Waals surface area contributed by atoms with E-state index >= 15 is 0 Å². The largest absolute Gasteiger partial charge is 0.393 e. The Labute approximate surface area is 99.0 Å². The van der Waals surface area contributed by atoms with Crippen LogP contribution in [-0.2, 0) is 11.2 Å². The van der Waals surface area contributed by atoms with Crippen LogP contribution in [0.4, 0.5) is 4.39 Å². The first-order valence-electron chi connectivity index (χ1n) is 5.36. The first-order valence-corrected chi connectivity index (χ1v) is 5.74. The molecule has 1 saturated heterocycles. The molecule has 1 N–H and O–H groups in total. The van der Waals surface area contributed by atoms with Gasteiger partial charge in [-0.1, -0.05) is 11.6 Å². The second-order valence-corrected chi connectivity index (χ2v) is 4.54. The van der Waals surface area contributed by atoms with Crippen molar-refractivity contribution in [1.29, 1.82) is 0 Å². The summed E-state index contributed by atoms with van der Waals surface area (Å²) in [5.74, 6) is -0.293. The van der Waals surface area contributed by atoms with E-state index in [-0.39, 0.29) is 17.8 Å². The molecular formula is C12H14ClFO2. The van der Waals surface area contributed by atoms with E-state index < -0.39 is 0 Å². The maximum absolute atomic E-state index is 13.0. The third-order valence-electron chi connectivity index (χ3n) is 2.92. The predicted octanol–water partition coefficient (Wildman–Crippen LogP) is 2.42. The Kier molecular flexibility index (Phi) is 3.79. The number of aliphatic hydroxyl groups excluding tert-OH is 1. The van der Waals surface area contributed by atoms with Gasteiger partial charge < -0.3 is 9.84 Å². The molecule has 1 aromatic carbocycles. The van der Waals surface area contributed by atoms with Gasteiger partial charge in [0.2, 0.25) is 0 Å². The van der Waals surface area contributed by atoms with Crippen LogP contribution < -0.4 is 0 Å². The fourth-order valence-electron chi connectivity index (χ4n) is 1.96. The molecule has 1 fully saturated rings. The molecular weight excluding hydrogens is 231 g/mol. The molecule has 1 aliphatic heterocycles. The molecule has 1 aliphatic rings. The van der Waals surface area contributed by atoms with Crippen molar-refractivity contribution in [2.24, 2.45) is 5.92 Å². The molecule has 16 heavy (non-hydrogen) atoms. The zero-order valence-corrected chi connectivity index (χ0v) is 9.58. The minimum atomic E-state index is -0.381. The molecule has 0 amide bonds. The van der Waals surface area contributed by atoms with E-state index in [1.54, 1.807) is 6.07 Å². The summed E-state index contributed by atoms with van der Waals surface area (Å²) in [6.07, 6.45) is 0.808. The molecule has 0 bridgehead atoms. The van der Waals surface area contributed by atoms with Gasteiger partial charge in [-0.3, -0.25) is 0 Å². The van der Waals surface area contributed by atoms with Crippen molar-refractivity contribution in [2.45, 2.75) is 18.9 Å². The lowest BCUT2D eigenvalue weighted by Crippen LogP contribution is -2.33. The third kappa shape index (κ3) is 2.73. The van der Waals surface area contributed by atoms with Crippen molar-refractivity contribution in [1.82, 2.24) is 0 Å². The quantitative estimate of drug-likeness (QED) is 0.866. The van der Waals surface area contributed by atoms with Gasteiger partial charge in [0.25, 0.3) is 0 Å². The molecule has 88 valence electrons. The summed E-state index contributed by atoms with van der Waals surface area (Å²) in [6.45, 7) is 1.10. The van der Waals surface area contributed by atoms with Crippen molar-refractivity contribution >= 4 is 11.6 Å². The van der Waals surface area contributed by atoms with Crippen molar-refractivity contribution in [3.05, 3.63) is 34.6 Å². The lowest BCUT2D eigenvalue weighted by molar-refractivity contribution is -0.0350. The third-order valence-corrected chi connectivity index (χ3v) is 3.29. The van der Waals surface area contributed by atoms with Crippen LogP contribution in [0.1, 0.15) is 12.0 Å². The number of benzene rings is 1. The standard InChI is InChI=1S/C12H14ClFO2/c13-11-2-1-10(14)6-8(11)5-9-7-16-4-3-12(9)15/h1-2,6,9,12,15H,3-5,7H2. The minimum absolute atomic E-state index is 0.00745. The molecule has 1 aromatic rings. The van der Waals surface area contributed by atoms with Crippen molar-refractivity contribution in [3.63, 3.8) is 0 Å². The van der Waals surface area contributed by atoms with Crippen LogP contribution >= 0.6 is 11.6 Å².